The molecular formula is C12H24N2O2. The van der Waals surface area contributed by atoms with Gasteiger partial charge in [-0.3, -0.25) is 4.90 Å². The molecule has 4 nitrogen and oxygen atoms in total. The Bertz CT molecular complexity index is 213. The van der Waals surface area contributed by atoms with Crippen molar-refractivity contribution >= 4 is 0 Å². The van der Waals surface area contributed by atoms with Gasteiger partial charge in [0.1, 0.15) is 0 Å². The fourth-order valence-electron chi connectivity index (χ4n) is 2.69. The molecule has 2 aliphatic heterocycles. The molecule has 0 aromatic rings. The normalized spacial score (nSPS) is 33.4. The molecule has 0 spiro atoms. The number of hydrogen-bond acceptors (Lipinski definition) is 4. The third kappa shape index (κ3) is 3.17. The first-order valence-electron chi connectivity index (χ1n) is 6.49. The van der Waals surface area contributed by atoms with Crippen LogP contribution in [-0.2, 0) is 4.74 Å². The molecule has 0 amide bonds. The molecule has 2 saturated heterocycles. The zero-order valence-electron chi connectivity index (χ0n) is 10.3. The Labute approximate surface area is 98.2 Å². The maximum Gasteiger partial charge on any atom is 0.0829 e. The Morgan fingerprint density at radius 1 is 1.25 bits per heavy atom. The number of nitrogens with zero attached hydrogens (tertiary/aromatic N) is 2. The van der Waals surface area contributed by atoms with Gasteiger partial charge in [-0.2, -0.15) is 0 Å². The number of aliphatic hydroxyl groups is 1. The molecule has 2 unspecified atom stereocenters. The number of likely N-dealkylation sites (tertiary alicyclic amines) is 1. The highest BCUT2D eigenvalue weighted by Crippen LogP contribution is 2.17. The summed E-state index contributed by atoms with van der Waals surface area (Å²) in [4.78, 5) is 4.89. The number of morpholine rings is 1. The van der Waals surface area contributed by atoms with Crippen LogP contribution in [0.25, 0.3) is 0 Å². The summed E-state index contributed by atoms with van der Waals surface area (Å²) in [5, 5.41) is 9.10. The van der Waals surface area contributed by atoms with Gasteiger partial charge in [-0.15, -0.1) is 0 Å². The molecule has 0 aliphatic carbocycles. The van der Waals surface area contributed by atoms with E-state index in [4.69, 9.17) is 9.84 Å². The monoisotopic (exact) mass is 228 g/mol. The molecule has 2 fully saturated rings. The van der Waals surface area contributed by atoms with E-state index in [-0.39, 0.29) is 0 Å². The van der Waals surface area contributed by atoms with Crippen LogP contribution in [0.2, 0.25) is 0 Å². The number of aliphatic hydroxyl groups excluding tert-OH is 1. The quantitative estimate of drug-likeness (QED) is 0.736. The van der Waals surface area contributed by atoms with E-state index >= 15 is 0 Å². The van der Waals surface area contributed by atoms with Crippen LogP contribution in [0.1, 0.15) is 13.3 Å². The van der Waals surface area contributed by atoms with Crippen molar-refractivity contribution in [3.8, 4) is 0 Å². The van der Waals surface area contributed by atoms with Crippen molar-refractivity contribution in [2.75, 3.05) is 52.5 Å². The third-order valence-electron chi connectivity index (χ3n) is 3.76. The first-order valence-corrected chi connectivity index (χ1v) is 6.49. The standard InChI is InChI=1S/C12H24N2O2/c1-2-13-5-6-16-12(8-13)9-14-4-3-11(7-14)10-15/h11-12,15H,2-10H2,1H3. The Hall–Kier alpha value is -0.160. The second kappa shape index (κ2) is 5.96. The fraction of sp³-hybridized carbons (Fsp3) is 1.00. The summed E-state index contributed by atoms with van der Waals surface area (Å²) in [5.74, 6) is 0.492. The molecule has 0 aromatic heterocycles. The SMILES string of the molecule is CCN1CCOC(CN2CCC(CO)C2)C1. The molecule has 1 N–H and O–H groups in total. The second-order valence-corrected chi connectivity index (χ2v) is 4.98. The van der Waals surface area contributed by atoms with E-state index in [1.54, 1.807) is 0 Å². The molecule has 16 heavy (non-hydrogen) atoms. The van der Waals surface area contributed by atoms with Crippen molar-refractivity contribution in [2.45, 2.75) is 19.4 Å². The molecule has 2 rings (SSSR count). The van der Waals surface area contributed by atoms with Crippen molar-refractivity contribution in [3.63, 3.8) is 0 Å². The van der Waals surface area contributed by atoms with Gasteiger partial charge in [0.05, 0.1) is 12.7 Å². The molecule has 2 heterocycles. The van der Waals surface area contributed by atoms with Gasteiger partial charge in [-0.25, -0.2) is 0 Å². The van der Waals surface area contributed by atoms with E-state index in [1.165, 1.54) is 0 Å². The van der Waals surface area contributed by atoms with Crippen molar-refractivity contribution in [1.29, 1.82) is 0 Å². The number of likely N-dealkylation sites (N-methyl/N-ethyl adjacent to an activating group) is 1. The molecule has 2 aliphatic rings. The molecule has 2 atom stereocenters. The van der Waals surface area contributed by atoms with Crippen molar-refractivity contribution in [3.05, 3.63) is 0 Å². The van der Waals surface area contributed by atoms with E-state index in [2.05, 4.69) is 16.7 Å². The summed E-state index contributed by atoms with van der Waals surface area (Å²) >= 11 is 0. The Morgan fingerprint density at radius 3 is 2.81 bits per heavy atom. The summed E-state index contributed by atoms with van der Waals surface area (Å²) < 4.78 is 5.79. The van der Waals surface area contributed by atoms with Gasteiger partial charge < -0.3 is 14.7 Å². The lowest BCUT2D eigenvalue weighted by atomic mass is 10.1. The first kappa shape index (κ1) is 12.3. The van der Waals surface area contributed by atoms with Crippen molar-refractivity contribution < 1.29 is 9.84 Å². The van der Waals surface area contributed by atoms with E-state index in [0.717, 1.165) is 52.3 Å². The van der Waals surface area contributed by atoms with Gasteiger partial charge >= 0.3 is 0 Å². The molecule has 94 valence electrons. The largest absolute Gasteiger partial charge is 0.396 e. The minimum atomic E-state index is 0.336. The minimum Gasteiger partial charge on any atom is -0.396 e. The maximum atomic E-state index is 9.10. The Kier molecular flexibility index (Phi) is 4.58. The summed E-state index contributed by atoms with van der Waals surface area (Å²) in [6.07, 6.45) is 1.51. The smallest absolute Gasteiger partial charge is 0.0829 e. The lowest BCUT2D eigenvalue weighted by Crippen LogP contribution is -2.47. The van der Waals surface area contributed by atoms with Gasteiger partial charge in [0, 0.05) is 32.8 Å². The summed E-state index contributed by atoms with van der Waals surface area (Å²) in [6.45, 7) is 9.88. The van der Waals surface area contributed by atoms with Gasteiger partial charge in [0.2, 0.25) is 0 Å². The van der Waals surface area contributed by atoms with Crippen LogP contribution in [0.5, 0.6) is 0 Å². The number of ether oxygens (including phenoxy) is 1. The first-order chi connectivity index (χ1) is 7.81. The second-order valence-electron chi connectivity index (χ2n) is 4.98. The van der Waals surface area contributed by atoms with Crippen molar-refractivity contribution in [2.24, 2.45) is 5.92 Å². The summed E-state index contributed by atoms with van der Waals surface area (Å²) in [5.41, 5.74) is 0. The highest BCUT2D eigenvalue weighted by atomic mass is 16.5. The van der Waals surface area contributed by atoms with Crippen LogP contribution in [-0.4, -0.2) is 73.5 Å². The minimum absolute atomic E-state index is 0.336. The lowest BCUT2D eigenvalue weighted by molar-refractivity contribution is -0.0397. The molecule has 0 radical (unpaired) electrons. The van der Waals surface area contributed by atoms with Crippen LogP contribution in [0, 0.1) is 5.92 Å². The lowest BCUT2D eigenvalue weighted by Gasteiger charge is -2.34. The van der Waals surface area contributed by atoms with Crippen LogP contribution in [0.3, 0.4) is 0 Å². The highest BCUT2D eigenvalue weighted by molar-refractivity contribution is 4.80. The average Bonchev–Trinajstić information content (AvgIpc) is 2.77. The van der Waals surface area contributed by atoms with E-state index < -0.39 is 0 Å². The zero-order valence-corrected chi connectivity index (χ0v) is 10.3. The van der Waals surface area contributed by atoms with Crippen LogP contribution in [0.15, 0.2) is 0 Å². The summed E-state index contributed by atoms with van der Waals surface area (Å²) in [6, 6.07) is 0. The maximum absolute atomic E-state index is 9.10. The molecular weight excluding hydrogens is 204 g/mol. The predicted molar refractivity (Wildman–Crippen MR) is 63.5 cm³/mol. The molecule has 0 aromatic carbocycles. The highest BCUT2D eigenvalue weighted by Gasteiger charge is 2.26. The summed E-state index contributed by atoms with van der Waals surface area (Å²) in [7, 11) is 0. The van der Waals surface area contributed by atoms with Crippen LogP contribution >= 0.6 is 0 Å². The number of hydrogen-bond donors (Lipinski definition) is 1. The topological polar surface area (TPSA) is 35.9 Å². The Balaban J connectivity index is 1.73. The Morgan fingerprint density at radius 2 is 2.12 bits per heavy atom. The van der Waals surface area contributed by atoms with Crippen molar-refractivity contribution in [1.82, 2.24) is 9.80 Å². The third-order valence-corrected chi connectivity index (χ3v) is 3.76. The van der Waals surface area contributed by atoms with E-state index in [1.807, 2.05) is 0 Å². The van der Waals surface area contributed by atoms with E-state index in [0.29, 0.717) is 18.6 Å². The van der Waals surface area contributed by atoms with Crippen LogP contribution < -0.4 is 0 Å². The van der Waals surface area contributed by atoms with E-state index in [9.17, 15) is 0 Å². The molecule has 0 bridgehead atoms. The average molecular weight is 228 g/mol. The van der Waals surface area contributed by atoms with Gasteiger partial charge in [-0.05, 0) is 25.4 Å². The molecule has 4 heteroatoms. The molecule has 0 saturated carbocycles. The number of rotatable bonds is 4. The zero-order chi connectivity index (χ0) is 11.4. The fourth-order valence-corrected chi connectivity index (χ4v) is 2.69. The van der Waals surface area contributed by atoms with Gasteiger partial charge in [0.15, 0.2) is 0 Å². The van der Waals surface area contributed by atoms with Crippen LogP contribution in [0.4, 0.5) is 0 Å². The van der Waals surface area contributed by atoms with Gasteiger partial charge in [0.25, 0.3) is 0 Å². The predicted octanol–water partition coefficient (Wildman–Crippen LogP) is 0.0213. The van der Waals surface area contributed by atoms with Gasteiger partial charge in [-0.1, -0.05) is 6.92 Å².